The highest BCUT2D eigenvalue weighted by molar-refractivity contribution is 4.69. The minimum Gasteiger partial charge on any atom is -0.315 e. The largest absolute Gasteiger partial charge is 0.315 e. The quantitative estimate of drug-likeness (QED) is 0.621. The third-order valence-electron chi connectivity index (χ3n) is 3.66. The summed E-state index contributed by atoms with van der Waals surface area (Å²) in [6, 6.07) is 0. The average molecular weight is 241 g/mol. The fraction of sp³-hybridized carbons (Fsp3) is 1.00. The summed E-state index contributed by atoms with van der Waals surface area (Å²) < 4.78 is 0. The van der Waals surface area contributed by atoms with Crippen molar-refractivity contribution in [3.05, 3.63) is 0 Å². The van der Waals surface area contributed by atoms with Crippen molar-refractivity contribution >= 4 is 0 Å². The maximum absolute atomic E-state index is 3.57. The molecule has 3 nitrogen and oxygen atoms in total. The Bertz CT molecular complexity index is 165. The zero-order valence-corrected chi connectivity index (χ0v) is 11.9. The minimum absolute atomic E-state index is 1.16. The molecule has 0 aromatic carbocycles. The molecule has 3 heteroatoms. The van der Waals surface area contributed by atoms with E-state index in [4.69, 9.17) is 0 Å². The van der Waals surface area contributed by atoms with Gasteiger partial charge in [0.05, 0.1) is 0 Å². The van der Waals surface area contributed by atoms with E-state index in [0.717, 1.165) is 6.54 Å². The molecular formula is C14H31N3. The van der Waals surface area contributed by atoms with Crippen molar-refractivity contribution in [3.63, 3.8) is 0 Å². The molecule has 1 N–H and O–H groups in total. The Morgan fingerprint density at radius 2 is 1.59 bits per heavy atom. The van der Waals surface area contributed by atoms with Crippen LogP contribution in [0, 0.1) is 0 Å². The molecule has 0 radical (unpaired) electrons. The summed E-state index contributed by atoms with van der Waals surface area (Å²) in [7, 11) is 2.21. The van der Waals surface area contributed by atoms with Crippen LogP contribution in [0.2, 0.25) is 0 Å². The molecule has 1 aliphatic rings. The Morgan fingerprint density at radius 1 is 0.882 bits per heavy atom. The predicted octanol–water partition coefficient (Wildman–Crippen LogP) is 1.79. The van der Waals surface area contributed by atoms with Crippen LogP contribution in [-0.4, -0.2) is 62.7 Å². The summed E-state index contributed by atoms with van der Waals surface area (Å²) in [4.78, 5) is 4.99. The molecular weight excluding hydrogens is 210 g/mol. The highest BCUT2D eigenvalue weighted by Crippen LogP contribution is 2.01. The zero-order valence-electron chi connectivity index (χ0n) is 11.9. The van der Waals surface area contributed by atoms with E-state index < -0.39 is 0 Å². The molecule has 0 bridgehead atoms. The van der Waals surface area contributed by atoms with Crippen molar-refractivity contribution < 1.29 is 0 Å². The van der Waals surface area contributed by atoms with Crippen LogP contribution in [-0.2, 0) is 0 Å². The molecule has 0 aliphatic carbocycles. The molecule has 0 amide bonds. The van der Waals surface area contributed by atoms with Gasteiger partial charge < -0.3 is 10.2 Å². The van der Waals surface area contributed by atoms with Crippen molar-refractivity contribution in [1.82, 2.24) is 15.1 Å². The van der Waals surface area contributed by atoms with Crippen LogP contribution in [0.5, 0.6) is 0 Å². The number of unbranched alkanes of at least 4 members (excludes halogenated alkanes) is 4. The van der Waals surface area contributed by atoms with Crippen LogP contribution in [0.1, 0.15) is 39.0 Å². The van der Waals surface area contributed by atoms with Gasteiger partial charge in [0, 0.05) is 39.3 Å². The van der Waals surface area contributed by atoms with Crippen molar-refractivity contribution in [2.45, 2.75) is 39.0 Å². The monoisotopic (exact) mass is 241 g/mol. The normalized spacial score (nSPS) is 18.7. The number of likely N-dealkylation sites (N-methyl/N-ethyl adjacent to an activating group) is 1. The average Bonchev–Trinajstić information content (AvgIpc) is 2.35. The van der Waals surface area contributed by atoms with Gasteiger partial charge in [0.1, 0.15) is 0 Å². The lowest BCUT2D eigenvalue weighted by Crippen LogP contribution is -2.46. The molecule has 0 saturated carbocycles. The molecule has 0 spiro atoms. The van der Waals surface area contributed by atoms with Crippen LogP contribution < -0.4 is 5.32 Å². The van der Waals surface area contributed by atoms with Gasteiger partial charge in [-0.25, -0.2) is 0 Å². The second-order valence-electron chi connectivity index (χ2n) is 5.31. The van der Waals surface area contributed by atoms with Gasteiger partial charge in [0.15, 0.2) is 0 Å². The van der Waals surface area contributed by atoms with Crippen LogP contribution >= 0.6 is 0 Å². The van der Waals surface area contributed by atoms with Gasteiger partial charge in [-0.05, 0) is 20.0 Å². The fourth-order valence-corrected chi connectivity index (χ4v) is 2.29. The van der Waals surface area contributed by atoms with Crippen LogP contribution in [0.4, 0.5) is 0 Å². The summed E-state index contributed by atoms with van der Waals surface area (Å²) >= 11 is 0. The van der Waals surface area contributed by atoms with Crippen molar-refractivity contribution in [1.29, 1.82) is 0 Å². The summed E-state index contributed by atoms with van der Waals surface area (Å²) in [5.41, 5.74) is 0. The minimum atomic E-state index is 1.16. The topological polar surface area (TPSA) is 18.5 Å². The van der Waals surface area contributed by atoms with E-state index in [2.05, 4.69) is 29.1 Å². The molecule has 1 saturated heterocycles. The molecule has 1 heterocycles. The van der Waals surface area contributed by atoms with Gasteiger partial charge >= 0.3 is 0 Å². The third-order valence-corrected chi connectivity index (χ3v) is 3.66. The number of piperazine rings is 1. The Hall–Kier alpha value is -0.120. The zero-order chi connectivity index (χ0) is 12.3. The van der Waals surface area contributed by atoms with Crippen molar-refractivity contribution in [3.8, 4) is 0 Å². The number of hydrogen-bond donors (Lipinski definition) is 1. The van der Waals surface area contributed by atoms with E-state index in [-0.39, 0.29) is 0 Å². The first-order chi connectivity index (χ1) is 8.33. The van der Waals surface area contributed by atoms with Gasteiger partial charge in [0.25, 0.3) is 0 Å². The third kappa shape index (κ3) is 7.74. The van der Waals surface area contributed by atoms with Crippen LogP contribution in [0.25, 0.3) is 0 Å². The summed E-state index contributed by atoms with van der Waals surface area (Å²) in [6.45, 7) is 10.8. The van der Waals surface area contributed by atoms with Crippen molar-refractivity contribution in [2.75, 3.05) is 52.9 Å². The Morgan fingerprint density at radius 3 is 2.29 bits per heavy atom. The summed E-state index contributed by atoms with van der Waals surface area (Å²) in [5.74, 6) is 0. The van der Waals surface area contributed by atoms with E-state index in [1.54, 1.807) is 0 Å². The highest BCUT2D eigenvalue weighted by Gasteiger charge is 2.12. The maximum Gasteiger partial charge on any atom is 0.0110 e. The van der Waals surface area contributed by atoms with E-state index in [1.807, 2.05) is 0 Å². The molecule has 0 aromatic heterocycles. The lowest BCUT2D eigenvalue weighted by molar-refractivity contribution is 0.155. The molecule has 102 valence electrons. The fourth-order valence-electron chi connectivity index (χ4n) is 2.29. The number of hydrogen-bond acceptors (Lipinski definition) is 3. The molecule has 17 heavy (non-hydrogen) atoms. The van der Waals surface area contributed by atoms with E-state index in [9.17, 15) is 0 Å². The Balaban J connectivity index is 1.81. The summed E-state index contributed by atoms with van der Waals surface area (Å²) in [6.07, 6.45) is 6.91. The molecule has 0 aromatic rings. The van der Waals surface area contributed by atoms with E-state index >= 15 is 0 Å². The van der Waals surface area contributed by atoms with Gasteiger partial charge in [0.2, 0.25) is 0 Å². The van der Waals surface area contributed by atoms with Gasteiger partial charge in [-0.15, -0.1) is 0 Å². The second-order valence-corrected chi connectivity index (χ2v) is 5.31. The first-order valence-corrected chi connectivity index (χ1v) is 7.44. The molecule has 1 fully saturated rings. The van der Waals surface area contributed by atoms with E-state index in [1.165, 1.54) is 71.4 Å². The Labute approximate surface area is 108 Å². The molecule has 1 aliphatic heterocycles. The van der Waals surface area contributed by atoms with Gasteiger partial charge in [-0.1, -0.05) is 32.6 Å². The molecule has 0 atom stereocenters. The summed E-state index contributed by atoms with van der Waals surface area (Å²) in [5, 5.41) is 3.57. The molecule has 0 unspecified atom stereocenters. The number of nitrogens with zero attached hydrogens (tertiary/aromatic N) is 2. The van der Waals surface area contributed by atoms with Crippen LogP contribution in [0.3, 0.4) is 0 Å². The predicted molar refractivity (Wildman–Crippen MR) is 75.6 cm³/mol. The standard InChI is InChI=1S/C14H31N3/c1-3-4-5-6-7-8-15-9-10-17-13-11-16(2)12-14-17/h15H,3-14H2,1-2H3. The van der Waals surface area contributed by atoms with Gasteiger partial charge in [-0.2, -0.15) is 0 Å². The lowest BCUT2D eigenvalue weighted by atomic mass is 10.1. The highest BCUT2D eigenvalue weighted by atomic mass is 15.2. The second kappa shape index (κ2) is 9.86. The first kappa shape index (κ1) is 14.9. The van der Waals surface area contributed by atoms with Gasteiger partial charge in [-0.3, -0.25) is 4.90 Å². The lowest BCUT2D eigenvalue weighted by Gasteiger charge is -2.32. The number of nitrogens with one attached hydrogen (secondary N) is 1. The maximum atomic E-state index is 3.57. The number of rotatable bonds is 9. The van der Waals surface area contributed by atoms with Crippen LogP contribution in [0.15, 0.2) is 0 Å². The smallest absolute Gasteiger partial charge is 0.0110 e. The Kier molecular flexibility index (Phi) is 8.67. The van der Waals surface area contributed by atoms with E-state index in [0.29, 0.717) is 0 Å². The molecule has 1 rings (SSSR count). The van der Waals surface area contributed by atoms with Crippen molar-refractivity contribution in [2.24, 2.45) is 0 Å². The SMILES string of the molecule is CCCCCCCNCCN1CCN(C)CC1. The first-order valence-electron chi connectivity index (χ1n) is 7.44.